The number of likely N-dealkylation sites (N-methyl/N-ethyl adjacent to an activating group) is 1. The zero-order valence-electron chi connectivity index (χ0n) is 12.1. The summed E-state index contributed by atoms with van der Waals surface area (Å²) in [5, 5.41) is 3.89. The Morgan fingerprint density at radius 2 is 2.19 bits per heavy atom. The molecule has 0 N–H and O–H groups in total. The Balaban J connectivity index is 1.65. The lowest BCUT2D eigenvalue weighted by atomic mass is 9.99. The summed E-state index contributed by atoms with van der Waals surface area (Å²) in [6.45, 7) is 2.99. The van der Waals surface area contributed by atoms with E-state index in [1.807, 2.05) is 12.1 Å². The lowest BCUT2D eigenvalue weighted by Crippen LogP contribution is -2.38. The fraction of sp³-hybridized carbons (Fsp3) is 0.400. The molecule has 1 aliphatic heterocycles. The van der Waals surface area contributed by atoms with Crippen molar-refractivity contribution >= 4 is 17.4 Å². The van der Waals surface area contributed by atoms with Crippen LogP contribution in [0.2, 0.25) is 0 Å². The average molecular weight is 303 g/mol. The van der Waals surface area contributed by atoms with E-state index in [0.717, 1.165) is 18.0 Å². The molecule has 6 heteroatoms. The van der Waals surface area contributed by atoms with Crippen molar-refractivity contribution in [1.29, 1.82) is 0 Å². The lowest BCUT2D eigenvalue weighted by Gasteiger charge is -2.28. The van der Waals surface area contributed by atoms with Gasteiger partial charge in [0.25, 0.3) is 5.91 Å². The molecule has 2 heterocycles. The van der Waals surface area contributed by atoms with Gasteiger partial charge in [0, 0.05) is 20.0 Å². The number of nitrogens with zero attached hydrogens (tertiary/aromatic N) is 3. The summed E-state index contributed by atoms with van der Waals surface area (Å²) in [5.74, 6) is -0.0371. The third-order valence-electron chi connectivity index (χ3n) is 3.71. The third-order valence-corrected chi connectivity index (χ3v) is 4.53. The van der Waals surface area contributed by atoms with Crippen LogP contribution < -0.4 is 0 Å². The first-order valence-corrected chi connectivity index (χ1v) is 7.65. The van der Waals surface area contributed by atoms with E-state index in [1.54, 1.807) is 18.9 Å². The molecular formula is C15H17N3O2S. The van der Waals surface area contributed by atoms with E-state index in [9.17, 15) is 4.79 Å². The van der Waals surface area contributed by atoms with Gasteiger partial charge in [0.15, 0.2) is 0 Å². The maximum absolute atomic E-state index is 12.3. The second kappa shape index (κ2) is 5.91. The highest BCUT2D eigenvalue weighted by Gasteiger charge is 2.24. The van der Waals surface area contributed by atoms with Crippen LogP contribution in [0.25, 0.3) is 0 Å². The van der Waals surface area contributed by atoms with Crippen molar-refractivity contribution < 1.29 is 9.53 Å². The van der Waals surface area contributed by atoms with Gasteiger partial charge in [-0.1, -0.05) is 28.8 Å². The molecule has 5 nitrogen and oxygen atoms in total. The number of hydrogen-bond acceptors (Lipinski definition) is 5. The van der Waals surface area contributed by atoms with E-state index >= 15 is 0 Å². The predicted molar refractivity (Wildman–Crippen MR) is 80.3 cm³/mol. The third kappa shape index (κ3) is 2.96. The fourth-order valence-electron chi connectivity index (χ4n) is 2.52. The predicted octanol–water partition coefficient (Wildman–Crippen LogP) is 2.06. The summed E-state index contributed by atoms with van der Waals surface area (Å²) in [6.07, 6.45) is 0.878. The molecule has 0 saturated heterocycles. The van der Waals surface area contributed by atoms with E-state index in [1.165, 1.54) is 11.1 Å². The van der Waals surface area contributed by atoms with Crippen LogP contribution in [-0.2, 0) is 17.8 Å². The number of aromatic nitrogens is 2. The quantitative estimate of drug-likeness (QED) is 0.871. The topological polar surface area (TPSA) is 55.3 Å². The van der Waals surface area contributed by atoms with Crippen molar-refractivity contribution in [2.24, 2.45) is 0 Å². The van der Waals surface area contributed by atoms with E-state index < -0.39 is 0 Å². The van der Waals surface area contributed by atoms with Crippen LogP contribution in [0.4, 0.5) is 0 Å². The fourth-order valence-corrected chi connectivity index (χ4v) is 3.17. The Labute approximate surface area is 127 Å². The summed E-state index contributed by atoms with van der Waals surface area (Å²) in [5.41, 5.74) is 3.24. The number of hydrogen-bond donors (Lipinski definition) is 0. The van der Waals surface area contributed by atoms with Crippen LogP contribution in [0.1, 0.15) is 26.5 Å². The second-order valence-corrected chi connectivity index (χ2v) is 6.03. The van der Waals surface area contributed by atoms with Crippen molar-refractivity contribution in [3.8, 4) is 0 Å². The molecule has 0 saturated carbocycles. The van der Waals surface area contributed by atoms with Gasteiger partial charge in [-0.25, -0.2) is 0 Å². The normalized spacial score (nSPS) is 17.3. The van der Waals surface area contributed by atoms with Crippen molar-refractivity contribution in [1.82, 2.24) is 14.5 Å². The molecule has 2 aromatic rings. The molecule has 21 heavy (non-hydrogen) atoms. The van der Waals surface area contributed by atoms with Crippen molar-refractivity contribution in [2.75, 3.05) is 13.6 Å². The minimum Gasteiger partial charge on any atom is -0.371 e. The molecule has 0 bridgehead atoms. The molecular weight excluding hydrogens is 286 g/mol. The van der Waals surface area contributed by atoms with Gasteiger partial charge in [-0.15, -0.1) is 5.10 Å². The molecule has 0 radical (unpaired) electrons. The van der Waals surface area contributed by atoms with E-state index in [-0.39, 0.29) is 12.0 Å². The van der Waals surface area contributed by atoms with E-state index in [2.05, 4.69) is 21.7 Å². The minimum absolute atomic E-state index is 0.0371. The minimum atomic E-state index is -0.0371. The Morgan fingerprint density at radius 1 is 1.43 bits per heavy atom. The Hall–Kier alpha value is -1.79. The number of ether oxygens (including phenoxy) is 1. The van der Waals surface area contributed by atoms with Gasteiger partial charge in [0.2, 0.25) is 0 Å². The van der Waals surface area contributed by atoms with Gasteiger partial charge in [-0.3, -0.25) is 4.79 Å². The van der Waals surface area contributed by atoms with Crippen LogP contribution in [0.15, 0.2) is 24.3 Å². The van der Waals surface area contributed by atoms with Gasteiger partial charge >= 0.3 is 0 Å². The van der Waals surface area contributed by atoms with Gasteiger partial charge in [0.05, 0.1) is 18.4 Å². The smallest absolute Gasteiger partial charge is 0.267 e. The van der Waals surface area contributed by atoms with Crippen LogP contribution in [0, 0.1) is 6.92 Å². The molecule has 1 amide bonds. The van der Waals surface area contributed by atoms with Gasteiger partial charge in [-0.2, -0.15) is 0 Å². The molecule has 0 fully saturated rings. The van der Waals surface area contributed by atoms with Crippen molar-refractivity contribution in [2.45, 2.75) is 26.1 Å². The highest BCUT2D eigenvalue weighted by Crippen LogP contribution is 2.21. The van der Waals surface area contributed by atoms with E-state index in [0.29, 0.717) is 23.7 Å². The molecule has 3 rings (SSSR count). The molecule has 0 aliphatic carbocycles. The molecule has 1 aromatic heterocycles. The first-order chi connectivity index (χ1) is 10.1. The van der Waals surface area contributed by atoms with Gasteiger partial charge in [-0.05, 0) is 29.6 Å². The first kappa shape index (κ1) is 14.2. The van der Waals surface area contributed by atoms with Crippen LogP contribution in [0.3, 0.4) is 0 Å². The van der Waals surface area contributed by atoms with Crippen LogP contribution in [0.5, 0.6) is 0 Å². The Kier molecular flexibility index (Phi) is 3.98. The monoisotopic (exact) mass is 303 g/mol. The van der Waals surface area contributed by atoms with Gasteiger partial charge in [0.1, 0.15) is 4.88 Å². The Morgan fingerprint density at radius 3 is 2.90 bits per heavy atom. The first-order valence-electron chi connectivity index (χ1n) is 6.88. The van der Waals surface area contributed by atoms with Crippen LogP contribution >= 0.6 is 11.5 Å². The molecule has 1 aromatic carbocycles. The van der Waals surface area contributed by atoms with E-state index in [4.69, 9.17) is 4.74 Å². The molecule has 1 aliphatic rings. The highest BCUT2D eigenvalue weighted by molar-refractivity contribution is 7.07. The summed E-state index contributed by atoms with van der Waals surface area (Å²) in [7, 11) is 1.80. The standard InChI is InChI=1S/C15H17N3O2S/c1-10-14(21-17-16-10)15(19)18(2)8-13-7-11-5-3-4-6-12(11)9-20-13/h3-6,13H,7-9H2,1-2H3/t13-/m1/s1. The average Bonchev–Trinajstić information content (AvgIpc) is 2.92. The highest BCUT2D eigenvalue weighted by atomic mass is 32.1. The number of aryl methyl sites for hydroxylation is 1. The summed E-state index contributed by atoms with van der Waals surface area (Å²) in [6, 6.07) is 8.29. The number of carbonyl (C=O) groups excluding carboxylic acids is 1. The van der Waals surface area contributed by atoms with Crippen LogP contribution in [-0.4, -0.2) is 40.1 Å². The lowest BCUT2D eigenvalue weighted by molar-refractivity contribution is 0.00993. The summed E-state index contributed by atoms with van der Waals surface area (Å²) >= 11 is 1.14. The number of benzene rings is 1. The molecule has 110 valence electrons. The number of rotatable bonds is 3. The number of fused-ring (bicyclic) bond motifs is 1. The number of carbonyl (C=O) groups is 1. The SMILES string of the molecule is Cc1nnsc1C(=O)N(C)C[C@H]1Cc2ccccc2CO1. The second-order valence-electron chi connectivity index (χ2n) is 5.28. The summed E-state index contributed by atoms with van der Waals surface area (Å²) < 4.78 is 9.67. The molecule has 1 atom stereocenters. The zero-order valence-corrected chi connectivity index (χ0v) is 12.9. The van der Waals surface area contributed by atoms with Crippen molar-refractivity contribution in [3.63, 3.8) is 0 Å². The van der Waals surface area contributed by atoms with Crippen molar-refractivity contribution in [3.05, 3.63) is 46.0 Å². The molecule has 0 spiro atoms. The maximum Gasteiger partial charge on any atom is 0.267 e. The maximum atomic E-state index is 12.3. The summed E-state index contributed by atoms with van der Waals surface area (Å²) in [4.78, 5) is 14.6. The zero-order chi connectivity index (χ0) is 14.8. The Bertz CT molecular complexity index is 656. The largest absolute Gasteiger partial charge is 0.371 e. The van der Waals surface area contributed by atoms with Gasteiger partial charge < -0.3 is 9.64 Å². The number of amides is 1. The molecule has 0 unspecified atom stereocenters.